The van der Waals surface area contributed by atoms with Gasteiger partial charge in [0.2, 0.25) is 34.9 Å². The molecule has 0 radical (unpaired) electrons. The van der Waals surface area contributed by atoms with Crippen molar-refractivity contribution in [1.82, 2.24) is 9.97 Å². The van der Waals surface area contributed by atoms with Gasteiger partial charge in [-0.15, -0.1) is 0 Å². The van der Waals surface area contributed by atoms with E-state index in [-0.39, 0.29) is 5.41 Å². The number of piperazine rings is 1. The summed E-state index contributed by atoms with van der Waals surface area (Å²) in [4.78, 5) is 13.0. The van der Waals surface area contributed by atoms with Crippen LogP contribution in [0, 0.1) is 22.7 Å². The topological polar surface area (TPSA) is 106 Å². The van der Waals surface area contributed by atoms with Crippen LogP contribution in [0.5, 0.6) is 0 Å². The highest BCUT2D eigenvalue weighted by molar-refractivity contribution is 5.53. The zero-order valence-corrected chi connectivity index (χ0v) is 17.9. The van der Waals surface area contributed by atoms with Gasteiger partial charge in [0, 0.05) is 37.5 Å². The second-order valence-electron chi connectivity index (χ2n) is 9.16. The van der Waals surface area contributed by atoms with Gasteiger partial charge < -0.3 is 18.6 Å². The number of anilines is 2. The zero-order valence-electron chi connectivity index (χ0n) is 17.9. The summed E-state index contributed by atoms with van der Waals surface area (Å²) in [6, 6.07) is 4.36. The summed E-state index contributed by atoms with van der Waals surface area (Å²) in [6.45, 7) is 8.65. The van der Waals surface area contributed by atoms with Crippen molar-refractivity contribution in [3.63, 3.8) is 0 Å². The van der Waals surface area contributed by atoms with Crippen LogP contribution in [0.2, 0.25) is 0 Å². The largest absolute Gasteiger partial charge is 0.423 e. The molecule has 0 aromatic carbocycles. The van der Waals surface area contributed by atoms with Crippen LogP contribution in [0.25, 0.3) is 0 Å². The molecule has 2 aromatic heterocycles. The van der Waals surface area contributed by atoms with Gasteiger partial charge in [0.15, 0.2) is 0 Å². The van der Waals surface area contributed by atoms with Crippen molar-refractivity contribution in [2.24, 2.45) is 0 Å². The normalized spacial score (nSPS) is 18.3. The molecule has 0 atom stereocenters. The van der Waals surface area contributed by atoms with Gasteiger partial charge >= 0.3 is 0 Å². The van der Waals surface area contributed by atoms with Gasteiger partial charge in [-0.1, -0.05) is 40.0 Å². The molecule has 0 spiro atoms. The molecule has 4 rings (SSSR count). The summed E-state index contributed by atoms with van der Waals surface area (Å²) in [5.41, 5.74) is 0.435. The van der Waals surface area contributed by atoms with Crippen LogP contribution in [0.1, 0.15) is 82.0 Å². The van der Waals surface area contributed by atoms with Gasteiger partial charge in [-0.3, -0.25) is 0 Å². The quantitative estimate of drug-likeness (QED) is 0.748. The van der Waals surface area contributed by atoms with Gasteiger partial charge in [0.05, 0.1) is 0 Å². The number of rotatable bonds is 3. The molecule has 2 fully saturated rings. The molecule has 30 heavy (non-hydrogen) atoms. The molecule has 8 nitrogen and oxygen atoms in total. The maximum absolute atomic E-state index is 9.57. The highest BCUT2D eigenvalue weighted by atomic mass is 16.4. The van der Waals surface area contributed by atoms with Crippen LogP contribution in [0.15, 0.2) is 8.83 Å². The number of hydrogen-bond acceptors (Lipinski definition) is 8. The Hall–Kier alpha value is -3.00. The minimum absolute atomic E-state index is 0.261. The van der Waals surface area contributed by atoms with Crippen LogP contribution in [0.4, 0.5) is 11.8 Å². The van der Waals surface area contributed by atoms with Crippen molar-refractivity contribution in [2.75, 3.05) is 36.0 Å². The maximum atomic E-state index is 9.57. The van der Waals surface area contributed by atoms with Crippen LogP contribution in [-0.2, 0) is 5.41 Å². The Labute approximate surface area is 177 Å². The minimum Gasteiger partial charge on any atom is -0.423 e. The van der Waals surface area contributed by atoms with Crippen LogP contribution in [-0.4, -0.2) is 36.1 Å². The first-order valence-electron chi connectivity index (χ1n) is 10.7. The molecular formula is C22H28N6O2. The zero-order chi connectivity index (χ0) is 21.3. The Balaban J connectivity index is 1.49. The first-order chi connectivity index (χ1) is 14.4. The van der Waals surface area contributed by atoms with E-state index in [0.29, 0.717) is 67.0 Å². The molecule has 3 heterocycles. The smallest absolute Gasteiger partial charge is 0.234 e. The summed E-state index contributed by atoms with van der Waals surface area (Å²) in [6.07, 6.45) is 5.81. The van der Waals surface area contributed by atoms with Crippen molar-refractivity contribution >= 4 is 11.8 Å². The average Bonchev–Trinajstić information content (AvgIpc) is 3.39. The Morgan fingerprint density at radius 3 is 1.90 bits per heavy atom. The van der Waals surface area contributed by atoms with E-state index in [1.54, 1.807) is 0 Å². The third-order valence-corrected chi connectivity index (χ3v) is 5.90. The third-order valence-electron chi connectivity index (χ3n) is 5.90. The van der Waals surface area contributed by atoms with Gasteiger partial charge in [-0.05, 0) is 12.8 Å². The summed E-state index contributed by atoms with van der Waals surface area (Å²) >= 11 is 0. The lowest BCUT2D eigenvalue weighted by Crippen LogP contribution is -2.46. The van der Waals surface area contributed by atoms with Gasteiger partial charge in [-0.2, -0.15) is 15.5 Å². The Bertz CT molecular complexity index is 973. The number of hydrogen-bond donors (Lipinski definition) is 0. The van der Waals surface area contributed by atoms with E-state index in [2.05, 4.69) is 27.0 Å². The SMILES string of the molecule is CC(C)(C)c1nc(C#N)c(N2CCN(c3oc(C4CCCCC4)nc3C#N)CC2)o1. The molecule has 1 saturated carbocycles. The average molecular weight is 409 g/mol. The van der Waals surface area contributed by atoms with Crippen molar-refractivity contribution in [1.29, 1.82) is 10.5 Å². The van der Waals surface area contributed by atoms with Gasteiger partial charge in [0.25, 0.3) is 0 Å². The monoisotopic (exact) mass is 408 g/mol. The maximum Gasteiger partial charge on any atom is 0.234 e. The molecule has 1 saturated heterocycles. The minimum atomic E-state index is -0.261. The molecule has 2 aromatic rings. The van der Waals surface area contributed by atoms with Crippen LogP contribution >= 0.6 is 0 Å². The number of nitriles is 2. The fourth-order valence-corrected chi connectivity index (χ4v) is 4.17. The van der Waals surface area contributed by atoms with E-state index in [1.165, 1.54) is 19.3 Å². The molecule has 2 aliphatic rings. The van der Waals surface area contributed by atoms with E-state index < -0.39 is 0 Å². The predicted molar refractivity (Wildman–Crippen MR) is 111 cm³/mol. The highest BCUT2D eigenvalue weighted by Gasteiger charge is 2.31. The van der Waals surface area contributed by atoms with E-state index in [1.807, 2.05) is 25.7 Å². The molecule has 158 valence electrons. The van der Waals surface area contributed by atoms with E-state index in [4.69, 9.17) is 8.83 Å². The Morgan fingerprint density at radius 2 is 1.37 bits per heavy atom. The molecule has 1 aliphatic carbocycles. The first kappa shape index (κ1) is 20.3. The van der Waals surface area contributed by atoms with E-state index >= 15 is 0 Å². The number of nitrogens with zero attached hydrogens (tertiary/aromatic N) is 6. The molecule has 0 N–H and O–H groups in total. The second kappa shape index (κ2) is 8.02. The number of oxazole rings is 2. The molecule has 1 aliphatic heterocycles. The van der Waals surface area contributed by atoms with Gasteiger partial charge in [0.1, 0.15) is 12.1 Å². The van der Waals surface area contributed by atoms with E-state index in [9.17, 15) is 10.5 Å². The standard InChI is InChI=1S/C22H28N6O2/c1-22(2,3)21-26-17(14-24)20(30-21)28-11-9-27(10-12-28)19-16(13-23)25-18(29-19)15-7-5-4-6-8-15/h15H,4-12H2,1-3H3. The fraction of sp³-hybridized carbons (Fsp3) is 0.636. The molecule has 0 amide bonds. The molecule has 0 unspecified atom stereocenters. The van der Waals surface area contributed by atoms with Crippen LogP contribution in [0.3, 0.4) is 0 Å². The lowest BCUT2D eigenvalue weighted by molar-refractivity contribution is 0.361. The van der Waals surface area contributed by atoms with Crippen molar-refractivity contribution < 1.29 is 8.83 Å². The third kappa shape index (κ3) is 3.87. The molecular weight excluding hydrogens is 380 g/mol. The second-order valence-corrected chi connectivity index (χ2v) is 9.16. The first-order valence-corrected chi connectivity index (χ1v) is 10.7. The van der Waals surface area contributed by atoms with E-state index in [0.717, 1.165) is 12.8 Å². The summed E-state index contributed by atoms with van der Waals surface area (Å²) in [5.74, 6) is 2.70. The summed E-state index contributed by atoms with van der Waals surface area (Å²) < 4.78 is 12.1. The highest BCUT2D eigenvalue weighted by Crippen LogP contribution is 2.36. The predicted octanol–water partition coefficient (Wildman–Crippen LogP) is 4.08. The Morgan fingerprint density at radius 1 is 0.833 bits per heavy atom. The van der Waals surface area contributed by atoms with Crippen molar-refractivity contribution in [3.8, 4) is 12.1 Å². The van der Waals surface area contributed by atoms with Gasteiger partial charge in [-0.25, -0.2) is 4.98 Å². The summed E-state index contributed by atoms with van der Waals surface area (Å²) in [7, 11) is 0. The summed E-state index contributed by atoms with van der Waals surface area (Å²) in [5, 5.41) is 19.1. The molecule has 0 bridgehead atoms. The van der Waals surface area contributed by atoms with Crippen molar-refractivity contribution in [3.05, 3.63) is 23.2 Å². The number of aromatic nitrogens is 2. The van der Waals surface area contributed by atoms with Crippen LogP contribution < -0.4 is 9.80 Å². The lowest BCUT2D eigenvalue weighted by Gasteiger charge is -2.34. The Kier molecular flexibility index (Phi) is 5.42. The fourth-order valence-electron chi connectivity index (χ4n) is 4.17. The lowest BCUT2D eigenvalue weighted by atomic mass is 9.89. The van der Waals surface area contributed by atoms with Crippen molar-refractivity contribution in [2.45, 2.75) is 64.2 Å². The molecule has 8 heteroatoms.